The second-order valence-electron chi connectivity index (χ2n) is 13.7. The van der Waals surface area contributed by atoms with Crippen LogP contribution in [0, 0.1) is 5.41 Å². The van der Waals surface area contributed by atoms with E-state index < -0.39 is 64.7 Å². The first kappa shape index (κ1) is 36.8. The van der Waals surface area contributed by atoms with E-state index >= 15 is 0 Å². The summed E-state index contributed by atoms with van der Waals surface area (Å²) < 4.78 is 41.2. The van der Waals surface area contributed by atoms with Gasteiger partial charge in [0.25, 0.3) is 0 Å². The summed E-state index contributed by atoms with van der Waals surface area (Å²) in [5.74, 6) is -3.46. The summed E-state index contributed by atoms with van der Waals surface area (Å²) in [4.78, 5) is 37.5. The molecule has 46 heavy (non-hydrogen) atoms. The third-order valence-electron chi connectivity index (χ3n) is 9.45. The van der Waals surface area contributed by atoms with Crippen LogP contribution in [0.1, 0.15) is 91.9 Å². The summed E-state index contributed by atoms with van der Waals surface area (Å²) in [6, 6.07) is 0. The second-order valence-corrected chi connectivity index (χ2v) is 14.1. The van der Waals surface area contributed by atoms with Crippen LogP contribution in [-0.2, 0) is 42.7 Å². The fourth-order valence-corrected chi connectivity index (χ4v) is 6.88. The minimum Gasteiger partial charge on any atom is -0.466 e. The van der Waals surface area contributed by atoms with E-state index in [1.807, 2.05) is 6.92 Å². The van der Waals surface area contributed by atoms with Crippen molar-refractivity contribution in [2.75, 3.05) is 13.7 Å². The molecule has 0 spiro atoms. The van der Waals surface area contributed by atoms with Crippen LogP contribution < -0.4 is 0 Å². The highest BCUT2D eigenvalue weighted by Gasteiger charge is 2.57. The fraction of sp³-hybridized carbons (Fsp3) is 0.788. The Morgan fingerprint density at radius 2 is 1.83 bits per heavy atom. The summed E-state index contributed by atoms with van der Waals surface area (Å²) in [5.41, 5.74) is -1.61. The molecule has 4 rings (SSSR count). The number of aliphatic hydroxyl groups excluding tert-OH is 1. The number of carbonyl (C=O) groups excluding carboxylic acids is 3. The van der Waals surface area contributed by atoms with Crippen LogP contribution in [0.3, 0.4) is 0 Å². The number of esters is 2. The molecule has 6 bridgehead atoms. The zero-order valence-electron chi connectivity index (χ0n) is 27.5. The quantitative estimate of drug-likeness (QED) is 0.129. The van der Waals surface area contributed by atoms with Crippen molar-refractivity contribution >= 4 is 29.9 Å². The average Bonchev–Trinajstić information content (AvgIpc) is 2.97. The molecule has 3 saturated heterocycles. The largest absolute Gasteiger partial charge is 0.466 e. The standard InChI is InChI=1S/C33H50O12S/c1-20(34)25-18-24-16-21(17-27(36)39-5)29(43-30(37)46)33(38,44-24)31(2,3)13-12-28-40-15-14-32(4,45-28)19-23-10-6-8-22(41-23)9-7-11-26(35)42-25/h12-13,17,20,22-25,28-29,34,38H,6-11,14-16,18-19H2,1-5H3,(H,37,46)/b13-12+,21-17+/t20-,22+,23-,24?,25-,28+,29+,32+,33-/m1/s1. The van der Waals surface area contributed by atoms with E-state index in [1.165, 1.54) is 14.0 Å². The molecule has 9 atom stereocenters. The maximum Gasteiger partial charge on any atom is 0.364 e. The molecule has 0 amide bonds. The SMILES string of the molecule is COC(=O)/C=C1\CC2C[C@H]([C@@H](C)O)OC(=O)CCC[C@@H]3CCC[C@H](C[C@]4(C)CCO[C@H](/C=C/C(C)(C)[C@](O)(O2)[C@H]1OC(=O)S)O4)O3. The Morgan fingerprint density at radius 3 is 2.52 bits per heavy atom. The molecule has 12 nitrogen and oxygen atoms in total. The molecule has 13 heteroatoms. The van der Waals surface area contributed by atoms with Gasteiger partial charge in [0.05, 0.1) is 43.7 Å². The number of rotatable bonds is 3. The molecule has 4 heterocycles. The monoisotopic (exact) mass is 670 g/mol. The van der Waals surface area contributed by atoms with Crippen molar-refractivity contribution in [2.24, 2.45) is 5.41 Å². The van der Waals surface area contributed by atoms with Crippen LogP contribution in [0.4, 0.5) is 4.79 Å². The predicted molar refractivity (Wildman–Crippen MR) is 168 cm³/mol. The molecule has 260 valence electrons. The van der Waals surface area contributed by atoms with E-state index in [0.717, 1.165) is 25.3 Å². The first-order valence-electron chi connectivity index (χ1n) is 16.2. The van der Waals surface area contributed by atoms with Crippen LogP contribution in [0.15, 0.2) is 23.8 Å². The van der Waals surface area contributed by atoms with Crippen molar-refractivity contribution in [3.63, 3.8) is 0 Å². The number of ether oxygens (including phenoxy) is 7. The maximum atomic E-state index is 12.9. The van der Waals surface area contributed by atoms with Crippen LogP contribution in [0.25, 0.3) is 0 Å². The molecule has 0 aromatic carbocycles. The Morgan fingerprint density at radius 1 is 1.11 bits per heavy atom. The summed E-state index contributed by atoms with van der Waals surface area (Å²) in [6.45, 7) is 7.36. The Bertz CT molecular complexity index is 1150. The van der Waals surface area contributed by atoms with Crippen molar-refractivity contribution in [2.45, 2.75) is 146 Å². The highest BCUT2D eigenvalue weighted by molar-refractivity contribution is 7.96. The third-order valence-corrected chi connectivity index (χ3v) is 9.56. The Labute approximate surface area is 276 Å². The first-order valence-corrected chi connectivity index (χ1v) is 16.7. The lowest BCUT2D eigenvalue weighted by molar-refractivity contribution is -0.323. The predicted octanol–water partition coefficient (Wildman–Crippen LogP) is 4.30. The van der Waals surface area contributed by atoms with Gasteiger partial charge in [0.2, 0.25) is 5.79 Å². The zero-order valence-corrected chi connectivity index (χ0v) is 28.4. The Hall–Kier alpha value is -2.00. The van der Waals surface area contributed by atoms with Gasteiger partial charge in [-0.25, -0.2) is 9.59 Å². The van der Waals surface area contributed by atoms with Gasteiger partial charge in [-0.05, 0) is 70.4 Å². The molecular formula is C33H50O12S. The van der Waals surface area contributed by atoms with Gasteiger partial charge in [0.15, 0.2) is 12.4 Å². The van der Waals surface area contributed by atoms with E-state index in [9.17, 15) is 24.6 Å². The van der Waals surface area contributed by atoms with E-state index in [-0.39, 0.29) is 37.0 Å². The average molecular weight is 671 g/mol. The molecule has 3 fully saturated rings. The van der Waals surface area contributed by atoms with Gasteiger partial charge in [0.1, 0.15) is 6.10 Å². The number of hydrogen-bond donors (Lipinski definition) is 3. The van der Waals surface area contributed by atoms with E-state index in [1.54, 1.807) is 26.0 Å². The van der Waals surface area contributed by atoms with Gasteiger partial charge in [-0.2, -0.15) is 0 Å². The number of thiol groups is 1. The van der Waals surface area contributed by atoms with Crippen LogP contribution in [-0.4, -0.2) is 95.5 Å². The van der Waals surface area contributed by atoms with Crippen molar-refractivity contribution in [3.05, 3.63) is 23.8 Å². The molecule has 0 saturated carbocycles. The number of cyclic esters (lactones) is 1. The van der Waals surface area contributed by atoms with Crippen molar-refractivity contribution < 1.29 is 57.8 Å². The number of methoxy groups -OCH3 is 1. The van der Waals surface area contributed by atoms with E-state index in [0.29, 0.717) is 32.3 Å². The molecular weight excluding hydrogens is 620 g/mol. The minimum atomic E-state index is -2.26. The molecule has 0 aromatic heterocycles. The lowest BCUT2D eigenvalue weighted by Crippen LogP contribution is -2.62. The van der Waals surface area contributed by atoms with E-state index in [4.69, 9.17) is 33.2 Å². The second kappa shape index (κ2) is 15.5. The number of fused-ring (bicyclic) bond motifs is 6. The maximum absolute atomic E-state index is 12.9. The topological polar surface area (TPSA) is 156 Å². The highest BCUT2D eigenvalue weighted by atomic mass is 32.1. The summed E-state index contributed by atoms with van der Waals surface area (Å²) in [7, 11) is 1.20. The van der Waals surface area contributed by atoms with Crippen molar-refractivity contribution in [1.29, 1.82) is 0 Å². The Balaban J connectivity index is 1.73. The van der Waals surface area contributed by atoms with Gasteiger partial charge >= 0.3 is 17.2 Å². The van der Waals surface area contributed by atoms with Crippen LogP contribution in [0.5, 0.6) is 0 Å². The normalized spacial score (nSPS) is 39.7. The molecule has 1 unspecified atom stereocenters. The van der Waals surface area contributed by atoms with Gasteiger partial charge in [0, 0.05) is 30.8 Å². The van der Waals surface area contributed by atoms with Crippen LogP contribution >= 0.6 is 12.6 Å². The number of aliphatic hydroxyl groups is 2. The fourth-order valence-electron chi connectivity index (χ4n) is 6.78. The molecule has 0 aliphatic carbocycles. The number of hydrogen-bond acceptors (Lipinski definition) is 12. The van der Waals surface area contributed by atoms with Gasteiger partial charge in [-0.3, -0.25) is 4.79 Å². The van der Waals surface area contributed by atoms with Crippen molar-refractivity contribution in [3.8, 4) is 0 Å². The smallest absolute Gasteiger partial charge is 0.364 e. The van der Waals surface area contributed by atoms with Gasteiger partial charge < -0.3 is 43.4 Å². The lowest BCUT2D eigenvalue weighted by Gasteiger charge is -2.51. The molecule has 0 radical (unpaired) electrons. The summed E-state index contributed by atoms with van der Waals surface area (Å²) >= 11 is 3.78. The molecule has 0 aromatic rings. The van der Waals surface area contributed by atoms with Gasteiger partial charge in [-0.15, -0.1) is 0 Å². The Kier molecular flexibility index (Phi) is 12.4. The molecule has 4 aliphatic heterocycles. The lowest BCUT2D eigenvalue weighted by atomic mass is 9.74. The first-order chi connectivity index (χ1) is 21.6. The zero-order chi connectivity index (χ0) is 33.7. The van der Waals surface area contributed by atoms with Crippen molar-refractivity contribution in [1.82, 2.24) is 0 Å². The third kappa shape index (κ3) is 9.33. The highest BCUT2D eigenvalue weighted by Crippen LogP contribution is 2.47. The number of carbonyl (C=O) groups is 3. The molecule has 4 aliphatic rings. The van der Waals surface area contributed by atoms with Crippen LogP contribution in [0.2, 0.25) is 0 Å². The minimum absolute atomic E-state index is 0.00289. The molecule has 2 N–H and O–H groups in total. The van der Waals surface area contributed by atoms with Gasteiger partial charge in [-0.1, -0.05) is 32.6 Å². The van der Waals surface area contributed by atoms with E-state index in [2.05, 4.69) is 12.6 Å². The summed E-state index contributed by atoms with van der Waals surface area (Å²) in [5, 5.41) is 22.0. The summed E-state index contributed by atoms with van der Waals surface area (Å²) in [6.07, 6.45) is 5.03.